The van der Waals surface area contributed by atoms with Crippen molar-refractivity contribution in [2.75, 3.05) is 0 Å². The number of hydrogen-bond donors (Lipinski definition) is 2. The molecule has 2 heterocycles. The first-order chi connectivity index (χ1) is 9.60. The Labute approximate surface area is 116 Å². The maximum Gasteiger partial charge on any atom is 0.172 e. The van der Waals surface area contributed by atoms with E-state index in [0.29, 0.717) is 11.4 Å². The van der Waals surface area contributed by atoms with Gasteiger partial charge in [0.1, 0.15) is 23.2 Å². The van der Waals surface area contributed by atoms with Gasteiger partial charge in [0.15, 0.2) is 11.7 Å². The van der Waals surface area contributed by atoms with Crippen molar-refractivity contribution in [1.82, 2.24) is 9.97 Å². The number of nitriles is 1. The Balaban J connectivity index is 2.30. The number of pyridine rings is 2. The third-order valence-electron chi connectivity index (χ3n) is 2.49. The molecule has 0 aliphatic carbocycles. The summed E-state index contributed by atoms with van der Waals surface area (Å²) >= 11 is 0. The lowest BCUT2D eigenvalue weighted by Crippen LogP contribution is -2.18. The van der Waals surface area contributed by atoms with Gasteiger partial charge in [-0.2, -0.15) is 5.26 Å². The normalized spacial score (nSPS) is 10.9. The molecule has 3 N–H and O–H groups in total. The molecule has 6 nitrogen and oxygen atoms in total. The summed E-state index contributed by atoms with van der Waals surface area (Å²) in [6.45, 7) is 1.84. The Morgan fingerprint density at radius 1 is 1.20 bits per heavy atom. The van der Waals surface area contributed by atoms with Crippen LogP contribution >= 0.6 is 0 Å². The number of nitrogens with zero attached hydrogens (tertiary/aromatic N) is 4. The van der Waals surface area contributed by atoms with Gasteiger partial charge < -0.3 is 5.73 Å². The molecule has 0 aromatic carbocycles. The number of rotatable bonds is 2. The highest BCUT2D eigenvalue weighted by atomic mass is 15.0. The smallest absolute Gasteiger partial charge is 0.172 e. The molecule has 0 bridgehead atoms. The lowest BCUT2D eigenvalue weighted by molar-refractivity contribution is 1.16. The van der Waals surface area contributed by atoms with E-state index in [0.717, 1.165) is 5.69 Å². The van der Waals surface area contributed by atoms with Gasteiger partial charge in [0.05, 0.1) is 0 Å². The molecule has 0 spiro atoms. The molecular weight excluding hydrogens is 252 g/mol. The van der Waals surface area contributed by atoms with E-state index in [-0.39, 0.29) is 17.4 Å². The summed E-state index contributed by atoms with van der Waals surface area (Å²) in [5.74, 6) is 0.0331. The number of aryl methyl sites for hydroxylation is 1. The van der Waals surface area contributed by atoms with Gasteiger partial charge in [-0.25, -0.2) is 15.0 Å². The fourth-order valence-corrected chi connectivity index (χ4v) is 1.55. The largest absolute Gasteiger partial charge is 0.382 e. The maximum absolute atomic E-state index is 8.79. The molecule has 6 heteroatoms. The van der Waals surface area contributed by atoms with Crippen molar-refractivity contribution in [1.29, 1.82) is 10.7 Å². The number of nitrogens with two attached hydrogens (primary N) is 1. The van der Waals surface area contributed by atoms with Gasteiger partial charge in [-0.15, -0.1) is 0 Å². The van der Waals surface area contributed by atoms with Gasteiger partial charge in [0.25, 0.3) is 0 Å². The predicted octanol–water partition coefficient (Wildman–Crippen LogP) is 1.39. The quantitative estimate of drug-likeness (QED) is 0.630. The number of aliphatic imine (C=N–C) groups is 1. The zero-order chi connectivity index (χ0) is 14.5. The van der Waals surface area contributed by atoms with Crippen LogP contribution in [0.3, 0.4) is 0 Å². The summed E-state index contributed by atoms with van der Waals surface area (Å²) in [6, 6.07) is 12.1. The molecule has 0 fully saturated rings. The molecule has 0 unspecified atom stereocenters. The Kier molecular flexibility index (Phi) is 3.82. The van der Waals surface area contributed by atoms with E-state index in [2.05, 4.69) is 15.0 Å². The molecule has 0 saturated heterocycles. The highest BCUT2D eigenvalue weighted by Gasteiger charge is 2.06. The van der Waals surface area contributed by atoms with Crippen LogP contribution in [-0.2, 0) is 0 Å². The van der Waals surface area contributed by atoms with Crippen molar-refractivity contribution in [3.05, 3.63) is 59.2 Å². The number of amidine groups is 2. The Morgan fingerprint density at radius 2 is 1.90 bits per heavy atom. The molecule has 98 valence electrons. The molecule has 2 aromatic heterocycles. The highest BCUT2D eigenvalue weighted by Crippen LogP contribution is 2.03. The zero-order valence-electron chi connectivity index (χ0n) is 10.8. The average Bonchev–Trinajstić information content (AvgIpc) is 2.47. The standard InChI is InChI=1S/C14H12N6/c1-9-4-2-6-11(18-9)13(16)20-14(17)12-7-3-5-10(8-15)19-12/h2-7H,1H3,(H3,16,17,20). The van der Waals surface area contributed by atoms with E-state index in [4.69, 9.17) is 16.4 Å². The number of aromatic nitrogens is 2. The minimum absolute atomic E-state index is 0.0460. The summed E-state index contributed by atoms with van der Waals surface area (Å²) in [4.78, 5) is 12.2. The maximum atomic E-state index is 8.79. The van der Waals surface area contributed by atoms with E-state index in [1.165, 1.54) is 0 Å². The summed E-state index contributed by atoms with van der Waals surface area (Å²) in [5, 5.41) is 16.7. The monoisotopic (exact) mass is 264 g/mol. The zero-order valence-corrected chi connectivity index (χ0v) is 10.8. The third kappa shape index (κ3) is 3.03. The first kappa shape index (κ1) is 13.4. The fraction of sp³-hybridized carbons (Fsp3) is 0.0714. The van der Waals surface area contributed by atoms with E-state index in [1.54, 1.807) is 30.3 Å². The molecule has 2 aromatic rings. The molecule has 0 aliphatic heterocycles. The van der Waals surface area contributed by atoms with Gasteiger partial charge in [-0.1, -0.05) is 12.1 Å². The van der Waals surface area contributed by atoms with E-state index >= 15 is 0 Å². The number of hydrogen-bond acceptors (Lipinski definition) is 4. The summed E-state index contributed by atoms with van der Waals surface area (Å²) in [6.07, 6.45) is 0. The molecule has 0 radical (unpaired) electrons. The van der Waals surface area contributed by atoms with Crippen molar-refractivity contribution in [3.8, 4) is 6.07 Å². The SMILES string of the molecule is Cc1cccc(C(=N)N=C(N)c2cccc(C#N)n2)n1. The van der Waals surface area contributed by atoms with Crippen LogP contribution in [0.4, 0.5) is 0 Å². The van der Waals surface area contributed by atoms with Crippen molar-refractivity contribution < 1.29 is 0 Å². The van der Waals surface area contributed by atoms with Crippen LogP contribution < -0.4 is 5.73 Å². The lowest BCUT2D eigenvalue weighted by atomic mass is 10.3. The first-order valence-corrected chi connectivity index (χ1v) is 5.84. The van der Waals surface area contributed by atoms with Gasteiger partial charge >= 0.3 is 0 Å². The molecule has 0 aliphatic rings. The van der Waals surface area contributed by atoms with E-state index < -0.39 is 0 Å². The van der Waals surface area contributed by atoms with Crippen LogP contribution in [-0.4, -0.2) is 21.6 Å². The second-order valence-electron chi connectivity index (χ2n) is 4.03. The Bertz CT molecular complexity index is 726. The topological polar surface area (TPSA) is 112 Å². The minimum atomic E-state index is -0.0460. The van der Waals surface area contributed by atoms with Crippen LogP contribution in [0.5, 0.6) is 0 Å². The number of nitrogens with one attached hydrogen (secondary N) is 1. The van der Waals surface area contributed by atoms with Crippen molar-refractivity contribution in [2.45, 2.75) is 6.92 Å². The fourth-order valence-electron chi connectivity index (χ4n) is 1.55. The van der Waals surface area contributed by atoms with Crippen molar-refractivity contribution in [3.63, 3.8) is 0 Å². The van der Waals surface area contributed by atoms with E-state index in [9.17, 15) is 0 Å². The molecule has 2 rings (SSSR count). The second kappa shape index (κ2) is 5.71. The van der Waals surface area contributed by atoms with Crippen LogP contribution in [0.1, 0.15) is 22.8 Å². The van der Waals surface area contributed by atoms with Crippen molar-refractivity contribution >= 4 is 11.7 Å². The predicted molar refractivity (Wildman–Crippen MR) is 75.5 cm³/mol. The summed E-state index contributed by atoms with van der Waals surface area (Å²) in [5.41, 5.74) is 7.65. The third-order valence-corrected chi connectivity index (χ3v) is 2.49. The van der Waals surface area contributed by atoms with Crippen LogP contribution in [0, 0.1) is 23.7 Å². The molecule has 0 atom stereocenters. The molecule has 0 saturated carbocycles. The molecular formula is C14H12N6. The van der Waals surface area contributed by atoms with Gasteiger partial charge in [-0.05, 0) is 31.2 Å². The summed E-state index contributed by atoms with van der Waals surface area (Å²) in [7, 11) is 0. The lowest BCUT2D eigenvalue weighted by Gasteiger charge is -2.02. The average molecular weight is 264 g/mol. The first-order valence-electron chi connectivity index (χ1n) is 5.84. The van der Waals surface area contributed by atoms with Crippen LogP contribution in [0.2, 0.25) is 0 Å². The van der Waals surface area contributed by atoms with E-state index in [1.807, 2.05) is 19.1 Å². The van der Waals surface area contributed by atoms with Gasteiger partial charge in [0, 0.05) is 5.69 Å². The van der Waals surface area contributed by atoms with Gasteiger partial charge in [-0.3, -0.25) is 5.41 Å². The highest BCUT2D eigenvalue weighted by molar-refractivity contribution is 6.08. The van der Waals surface area contributed by atoms with Crippen molar-refractivity contribution in [2.24, 2.45) is 10.7 Å². The van der Waals surface area contributed by atoms with Crippen LogP contribution in [0.25, 0.3) is 0 Å². The Hall–Kier alpha value is -3.07. The van der Waals surface area contributed by atoms with Crippen LogP contribution in [0.15, 0.2) is 41.4 Å². The molecule has 20 heavy (non-hydrogen) atoms. The molecule has 0 amide bonds. The summed E-state index contributed by atoms with van der Waals surface area (Å²) < 4.78 is 0. The minimum Gasteiger partial charge on any atom is -0.382 e. The van der Waals surface area contributed by atoms with Gasteiger partial charge in [0.2, 0.25) is 0 Å². The second-order valence-corrected chi connectivity index (χ2v) is 4.03. The Morgan fingerprint density at radius 3 is 2.60 bits per heavy atom.